The Morgan fingerprint density at radius 3 is 2.43 bits per heavy atom. The number of rotatable bonds is 5. The normalized spacial score (nSPS) is 14.6. The molecule has 1 aliphatic heterocycles. The first-order valence-corrected chi connectivity index (χ1v) is 10.6. The summed E-state index contributed by atoms with van der Waals surface area (Å²) >= 11 is 3.42. The van der Waals surface area contributed by atoms with Gasteiger partial charge in [-0.15, -0.1) is 0 Å². The van der Waals surface area contributed by atoms with Gasteiger partial charge >= 0.3 is 0 Å². The van der Waals surface area contributed by atoms with Crippen molar-refractivity contribution in [3.05, 3.63) is 46.9 Å². The average Bonchev–Trinajstić information content (AvgIpc) is 2.79. The number of anilines is 2. The molecule has 30 heavy (non-hydrogen) atoms. The number of ether oxygens (including phenoxy) is 2. The molecule has 7 nitrogen and oxygen atoms in total. The molecule has 1 aromatic heterocycles. The fraction of sp³-hybridized carbons (Fsp3) is 0.318. The monoisotopic (exact) mass is 470 g/mol. The summed E-state index contributed by atoms with van der Waals surface area (Å²) in [5, 5.41) is 3.00. The van der Waals surface area contributed by atoms with Crippen LogP contribution in [-0.4, -0.2) is 43.2 Å². The molecule has 0 unspecified atom stereocenters. The van der Waals surface area contributed by atoms with Gasteiger partial charge in [-0.25, -0.2) is 9.97 Å². The van der Waals surface area contributed by atoms with Crippen LogP contribution in [0.5, 0.6) is 11.6 Å². The third kappa shape index (κ3) is 4.18. The first-order valence-electron chi connectivity index (χ1n) is 9.79. The van der Waals surface area contributed by atoms with Crippen LogP contribution in [0.3, 0.4) is 0 Å². The van der Waals surface area contributed by atoms with Crippen molar-refractivity contribution in [1.82, 2.24) is 9.97 Å². The van der Waals surface area contributed by atoms with Crippen LogP contribution in [0.25, 0.3) is 11.0 Å². The minimum atomic E-state index is -0.0750. The molecule has 0 radical (unpaired) electrons. The maximum absolute atomic E-state index is 12.8. The molecule has 0 saturated carbocycles. The van der Waals surface area contributed by atoms with Gasteiger partial charge in [-0.2, -0.15) is 0 Å². The molecule has 3 aromatic rings. The van der Waals surface area contributed by atoms with E-state index in [0.717, 1.165) is 34.2 Å². The maximum Gasteiger partial charge on any atom is 0.257 e. The third-order valence-corrected chi connectivity index (χ3v) is 5.79. The van der Waals surface area contributed by atoms with Crippen molar-refractivity contribution >= 4 is 44.4 Å². The van der Waals surface area contributed by atoms with Crippen molar-refractivity contribution in [2.24, 2.45) is 5.92 Å². The molecule has 1 saturated heterocycles. The van der Waals surface area contributed by atoms with Gasteiger partial charge in [0, 0.05) is 23.5 Å². The molecule has 8 heteroatoms. The summed E-state index contributed by atoms with van der Waals surface area (Å²) in [7, 11) is 3.20. The van der Waals surface area contributed by atoms with Gasteiger partial charge in [0.2, 0.25) is 5.91 Å². The highest BCUT2D eigenvalue weighted by molar-refractivity contribution is 9.10. The Morgan fingerprint density at radius 1 is 1.07 bits per heavy atom. The predicted octanol–water partition coefficient (Wildman–Crippen LogP) is 4.26. The summed E-state index contributed by atoms with van der Waals surface area (Å²) in [6, 6.07) is 13.3. The minimum absolute atomic E-state index is 0.00633. The lowest BCUT2D eigenvalue weighted by atomic mass is 9.95. The number of aromatic nitrogens is 2. The van der Waals surface area contributed by atoms with Crippen LogP contribution in [0.1, 0.15) is 12.8 Å². The van der Waals surface area contributed by atoms with E-state index in [9.17, 15) is 4.79 Å². The van der Waals surface area contributed by atoms with Crippen molar-refractivity contribution in [3.63, 3.8) is 0 Å². The van der Waals surface area contributed by atoms with Crippen molar-refractivity contribution in [3.8, 4) is 11.6 Å². The van der Waals surface area contributed by atoms with Gasteiger partial charge in [-0.3, -0.25) is 4.79 Å². The SMILES string of the molecule is COc1cc(Br)ccc1NC(=O)C1CCN(c2nc3ccccc3nc2OC)CC1. The second-order valence-corrected chi connectivity index (χ2v) is 8.06. The zero-order valence-electron chi connectivity index (χ0n) is 16.9. The smallest absolute Gasteiger partial charge is 0.257 e. The number of benzene rings is 2. The van der Waals surface area contributed by atoms with Crippen LogP contribution >= 0.6 is 15.9 Å². The van der Waals surface area contributed by atoms with E-state index in [1.54, 1.807) is 14.2 Å². The highest BCUT2D eigenvalue weighted by atomic mass is 79.9. The summed E-state index contributed by atoms with van der Waals surface area (Å²) in [5.74, 6) is 1.80. The number of fused-ring (bicyclic) bond motifs is 1. The average molecular weight is 471 g/mol. The molecular weight excluding hydrogens is 448 g/mol. The molecule has 0 bridgehead atoms. The molecule has 0 spiro atoms. The number of carbonyl (C=O) groups is 1. The second-order valence-electron chi connectivity index (χ2n) is 7.14. The van der Waals surface area contributed by atoms with E-state index in [-0.39, 0.29) is 11.8 Å². The summed E-state index contributed by atoms with van der Waals surface area (Å²) in [6.45, 7) is 1.41. The summed E-state index contributed by atoms with van der Waals surface area (Å²) in [6.07, 6.45) is 1.45. The Bertz CT molecular complexity index is 1070. The number of para-hydroxylation sites is 2. The molecule has 0 atom stereocenters. The fourth-order valence-electron chi connectivity index (χ4n) is 3.67. The first kappa shape index (κ1) is 20.4. The lowest BCUT2D eigenvalue weighted by molar-refractivity contribution is -0.120. The number of halogens is 1. The van der Waals surface area contributed by atoms with Gasteiger partial charge in [0.25, 0.3) is 5.88 Å². The van der Waals surface area contributed by atoms with Crippen molar-refractivity contribution in [1.29, 1.82) is 0 Å². The summed E-state index contributed by atoms with van der Waals surface area (Å²) in [4.78, 5) is 24.3. The topological polar surface area (TPSA) is 76.6 Å². The number of nitrogens with zero attached hydrogens (tertiary/aromatic N) is 3. The van der Waals surface area contributed by atoms with Crippen LogP contribution in [-0.2, 0) is 4.79 Å². The third-order valence-electron chi connectivity index (χ3n) is 5.30. The van der Waals surface area contributed by atoms with Gasteiger partial charge in [0.15, 0.2) is 5.82 Å². The van der Waals surface area contributed by atoms with Crippen LogP contribution in [0.2, 0.25) is 0 Å². The molecule has 4 rings (SSSR count). The van der Waals surface area contributed by atoms with Crippen molar-refractivity contribution in [2.45, 2.75) is 12.8 Å². The van der Waals surface area contributed by atoms with E-state index in [1.807, 2.05) is 42.5 Å². The van der Waals surface area contributed by atoms with E-state index >= 15 is 0 Å². The Kier molecular flexibility index (Phi) is 6.03. The lowest BCUT2D eigenvalue weighted by Gasteiger charge is -2.32. The van der Waals surface area contributed by atoms with Gasteiger partial charge in [-0.1, -0.05) is 28.1 Å². The maximum atomic E-state index is 12.8. The minimum Gasteiger partial charge on any atom is -0.495 e. The predicted molar refractivity (Wildman–Crippen MR) is 120 cm³/mol. The van der Waals surface area contributed by atoms with E-state index in [4.69, 9.17) is 14.5 Å². The fourth-order valence-corrected chi connectivity index (χ4v) is 4.01. The number of carbonyl (C=O) groups excluding carboxylic acids is 1. The van der Waals surface area contributed by atoms with Gasteiger partial charge in [0.05, 0.1) is 30.9 Å². The molecular formula is C22H23BrN4O3. The molecule has 1 N–H and O–H groups in total. The van der Waals surface area contributed by atoms with Crippen molar-refractivity contribution < 1.29 is 14.3 Å². The largest absolute Gasteiger partial charge is 0.495 e. The van der Waals surface area contributed by atoms with Gasteiger partial charge in [-0.05, 0) is 43.2 Å². The molecule has 2 aromatic carbocycles. The van der Waals surface area contributed by atoms with Gasteiger partial charge in [0.1, 0.15) is 5.75 Å². The van der Waals surface area contributed by atoms with Crippen LogP contribution < -0.4 is 19.7 Å². The first-order chi connectivity index (χ1) is 14.6. The zero-order chi connectivity index (χ0) is 21.1. The van der Waals surface area contributed by atoms with Gasteiger partial charge < -0.3 is 19.7 Å². The summed E-state index contributed by atoms with van der Waals surface area (Å²) in [5.41, 5.74) is 2.31. The van der Waals surface area contributed by atoms with E-state index in [0.29, 0.717) is 30.4 Å². The van der Waals surface area contributed by atoms with Crippen LogP contribution in [0.4, 0.5) is 11.5 Å². The highest BCUT2D eigenvalue weighted by Gasteiger charge is 2.28. The number of piperidine rings is 1. The Balaban J connectivity index is 1.45. The van der Waals surface area contributed by atoms with E-state index < -0.39 is 0 Å². The van der Waals surface area contributed by atoms with Crippen molar-refractivity contribution in [2.75, 3.05) is 37.5 Å². The number of hydrogen-bond acceptors (Lipinski definition) is 6. The Morgan fingerprint density at radius 2 is 1.77 bits per heavy atom. The van der Waals surface area contributed by atoms with E-state index in [2.05, 4.69) is 31.1 Å². The van der Waals surface area contributed by atoms with Crippen LogP contribution in [0, 0.1) is 5.92 Å². The molecule has 2 heterocycles. The molecule has 156 valence electrons. The Hall–Kier alpha value is -2.87. The summed E-state index contributed by atoms with van der Waals surface area (Å²) < 4.78 is 11.7. The number of nitrogens with one attached hydrogen (secondary N) is 1. The van der Waals surface area contributed by atoms with E-state index in [1.165, 1.54) is 0 Å². The number of hydrogen-bond donors (Lipinski definition) is 1. The zero-order valence-corrected chi connectivity index (χ0v) is 18.5. The standard InChI is InChI=1S/C22H23BrN4O3/c1-29-19-13-15(23)7-8-18(19)25-21(28)14-9-11-27(12-10-14)20-22(30-2)26-17-6-4-3-5-16(17)24-20/h3-8,13-14H,9-12H2,1-2H3,(H,25,28). The highest BCUT2D eigenvalue weighted by Crippen LogP contribution is 2.32. The molecule has 1 aliphatic rings. The molecule has 1 fully saturated rings. The molecule has 0 aliphatic carbocycles. The number of amides is 1. The number of methoxy groups -OCH3 is 2. The second kappa shape index (κ2) is 8.87. The molecule has 1 amide bonds. The lowest BCUT2D eigenvalue weighted by Crippen LogP contribution is -2.38. The van der Waals surface area contributed by atoms with Crippen LogP contribution in [0.15, 0.2) is 46.9 Å². The quantitative estimate of drug-likeness (QED) is 0.599. The Labute approximate surface area is 183 Å².